The molecule has 5 heteroatoms. The molecule has 0 aromatic rings. The Balaban J connectivity index is -0.000000197. The lowest BCUT2D eigenvalue weighted by atomic mass is 10.4. The molecule has 18 heavy (non-hydrogen) atoms. The third-order valence-electron chi connectivity index (χ3n) is 1.53. The molecule has 0 bridgehead atoms. The van der Waals surface area contributed by atoms with Gasteiger partial charge in [0.15, 0.2) is 0 Å². The Bertz CT molecular complexity index is 129. The molecule has 0 unspecified atom stereocenters. The maximum atomic E-state index is 10.1. The highest BCUT2D eigenvalue weighted by atomic mass is 16.5. The molecule has 2 N–H and O–H groups in total. The minimum atomic E-state index is -0.182. The zero-order valence-electron chi connectivity index (χ0n) is 12.3. The van der Waals surface area contributed by atoms with Crippen LogP contribution >= 0.6 is 0 Å². The van der Waals surface area contributed by atoms with Crippen molar-refractivity contribution in [2.75, 3.05) is 33.0 Å². The number of carbonyl (C=O) groups excluding carboxylic acids is 1. The van der Waals surface area contributed by atoms with Crippen molar-refractivity contribution in [2.45, 2.75) is 47.0 Å². The molecule has 0 saturated carbocycles. The van der Waals surface area contributed by atoms with Gasteiger partial charge in [-0.3, -0.25) is 4.79 Å². The summed E-state index contributed by atoms with van der Waals surface area (Å²) in [4.78, 5) is 10.1. The highest BCUT2D eigenvalue weighted by Gasteiger charge is 1.88. The van der Waals surface area contributed by atoms with E-state index in [0.29, 0.717) is 13.0 Å². The Morgan fingerprint density at radius 2 is 1.50 bits per heavy atom. The first-order chi connectivity index (χ1) is 8.60. The van der Waals surface area contributed by atoms with Crippen LogP contribution in [0.5, 0.6) is 0 Å². The van der Waals surface area contributed by atoms with Crippen molar-refractivity contribution in [1.29, 1.82) is 0 Å². The third kappa shape index (κ3) is 45.3. The van der Waals surface area contributed by atoms with Crippen LogP contribution in [-0.2, 0) is 14.3 Å². The first kappa shape index (κ1) is 22.5. The smallest absolute Gasteiger partial charge is 0.302 e. The summed E-state index contributed by atoms with van der Waals surface area (Å²) in [5, 5.41) is 15.8. The molecule has 0 aliphatic heterocycles. The van der Waals surface area contributed by atoms with E-state index in [0.717, 1.165) is 26.1 Å². The summed E-state index contributed by atoms with van der Waals surface area (Å²) in [6.45, 7) is 9.91. The first-order valence-electron chi connectivity index (χ1n) is 6.53. The molecule has 0 aromatic carbocycles. The fourth-order valence-corrected chi connectivity index (χ4v) is 0.635. The Kier molecular flexibility index (Phi) is 31.6. The zero-order valence-corrected chi connectivity index (χ0v) is 12.3. The van der Waals surface area contributed by atoms with E-state index in [1.807, 2.05) is 13.8 Å². The van der Waals surface area contributed by atoms with E-state index < -0.39 is 0 Å². The summed E-state index contributed by atoms with van der Waals surface area (Å²) in [5.74, 6) is -0.182. The van der Waals surface area contributed by atoms with Crippen LogP contribution in [0, 0.1) is 0 Å². The lowest BCUT2D eigenvalue weighted by Gasteiger charge is -1.96. The van der Waals surface area contributed by atoms with Gasteiger partial charge in [-0.1, -0.05) is 13.3 Å². The molecular formula is C13H30O5. The monoisotopic (exact) mass is 266 g/mol. The Morgan fingerprint density at radius 1 is 1.00 bits per heavy atom. The molecule has 0 amide bonds. The number of unbranched alkanes of at least 4 members (excludes halogenated alkanes) is 1. The number of rotatable bonds is 7. The number of esters is 1. The number of hydrogen-bond donors (Lipinski definition) is 2. The second kappa shape index (κ2) is 25.3. The van der Waals surface area contributed by atoms with Crippen LogP contribution in [0.2, 0.25) is 0 Å². The normalized spacial score (nSPS) is 8.56. The van der Waals surface area contributed by atoms with Crippen molar-refractivity contribution in [3.8, 4) is 0 Å². The Morgan fingerprint density at radius 3 is 1.67 bits per heavy atom. The van der Waals surface area contributed by atoms with Crippen LogP contribution in [0.1, 0.15) is 47.0 Å². The third-order valence-corrected chi connectivity index (χ3v) is 1.53. The van der Waals surface area contributed by atoms with Gasteiger partial charge in [-0.05, 0) is 26.7 Å². The standard InChI is InChI=1S/C6H12O2.C4H10O.C3H8O2/c1-3-4-5-8-6(2)7;1-3-5-4-2;4-2-1-3-5/h3-5H2,1-2H3;3-4H2,1-2H3;4-5H,1-3H2. The van der Waals surface area contributed by atoms with Gasteiger partial charge in [-0.2, -0.15) is 0 Å². The van der Waals surface area contributed by atoms with Crippen molar-refractivity contribution in [1.82, 2.24) is 0 Å². The number of carbonyl (C=O) groups is 1. The lowest BCUT2D eigenvalue weighted by Crippen LogP contribution is -1.99. The molecule has 5 nitrogen and oxygen atoms in total. The fraction of sp³-hybridized carbons (Fsp3) is 0.923. The largest absolute Gasteiger partial charge is 0.466 e. The maximum Gasteiger partial charge on any atom is 0.302 e. The van der Waals surface area contributed by atoms with Crippen LogP contribution in [0.4, 0.5) is 0 Å². The van der Waals surface area contributed by atoms with Crippen LogP contribution < -0.4 is 0 Å². The lowest BCUT2D eigenvalue weighted by molar-refractivity contribution is -0.141. The molecule has 0 rings (SSSR count). The predicted molar refractivity (Wildman–Crippen MR) is 72.5 cm³/mol. The minimum absolute atomic E-state index is 0.0938. The molecule has 0 aliphatic carbocycles. The van der Waals surface area contributed by atoms with Gasteiger partial charge in [0.2, 0.25) is 0 Å². The van der Waals surface area contributed by atoms with Crippen LogP contribution in [0.15, 0.2) is 0 Å². The zero-order chi connectivity index (χ0) is 14.6. The van der Waals surface area contributed by atoms with Gasteiger partial charge in [0.1, 0.15) is 0 Å². The highest BCUT2D eigenvalue weighted by molar-refractivity contribution is 5.65. The summed E-state index contributed by atoms with van der Waals surface area (Å²) in [6.07, 6.45) is 2.55. The molecule has 0 radical (unpaired) electrons. The Hall–Kier alpha value is -0.650. The minimum Gasteiger partial charge on any atom is -0.466 e. The summed E-state index contributed by atoms with van der Waals surface area (Å²) in [5.41, 5.74) is 0. The summed E-state index contributed by atoms with van der Waals surface area (Å²) in [7, 11) is 0. The molecule has 0 saturated heterocycles. The van der Waals surface area contributed by atoms with Crippen molar-refractivity contribution in [3.63, 3.8) is 0 Å². The quantitative estimate of drug-likeness (QED) is 0.542. The van der Waals surface area contributed by atoms with Gasteiger partial charge in [0, 0.05) is 33.4 Å². The molecule has 0 heterocycles. The molecule has 0 aliphatic rings. The van der Waals surface area contributed by atoms with Gasteiger partial charge in [0.25, 0.3) is 0 Å². The van der Waals surface area contributed by atoms with Crippen LogP contribution in [0.25, 0.3) is 0 Å². The van der Waals surface area contributed by atoms with E-state index >= 15 is 0 Å². The average Bonchev–Trinajstić information content (AvgIpc) is 2.33. The number of aliphatic hydroxyl groups excluding tert-OH is 2. The van der Waals surface area contributed by atoms with Crippen molar-refractivity contribution in [3.05, 3.63) is 0 Å². The van der Waals surface area contributed by atoms with Gasteiger partial charge in [-0.25, -0.2) is 0 Å². The summed E-state index contributed by atoms with van der Waals surface area (Å²) >= 11 is 0. The van der Waals surface area contributed by atoms with Crippen LogP contribution in [0.3, 0.4) is 0 Å². The fourth-order valence-electron chi connectivity index (χ4n) is 0.635. The predicted octanol–water partition coefficient (Wildman–Crippen LogP) is 1.75. The first-order valence-corrected chi connectivity index (χ1v) is 6.53. The van der Waals surface area contributed by atoms with Crippen molar-refractivity contribution < 1.29 is 24.5 Å². The number of aliphatic hydroxyl groups is 2. The van der Waals surface area contributed by atoms with Gasteiger partial charge >= 0.3 is 5.97 Å². The van der Waals surface area contributed by atoms with Gasteiger partial charge in [-0.15, -0.1) is 0 Å². The van der Waals surface area contributed by atoms with E-state index in [-0.39, 0.29) is 19.2 Å². The van der Waals surface area contributed by atoms with Crippen molar-refractivity contribution >= 4 is 5.97 Å². The summed E-state index contributed by atoms with van der Waals surface area (Å²) in [6, 6.07) is 0. The molecule has 112 valence electrons. The highest BCUT2D eigenvalue weighted by Crippen LogP contribution is 1.86. The second-order valence-electron chi connectivity index (χ2n) is 3.28. The van der Waals surface area contributed by atoms with Crippen LogP contribution in [-0.4, -0.2) is 49.2 Å². The van der Waals surface area contributed by atoms with E-state index in [2.05, 4.69) is 11.7 Å². The second-order valence-corrected chi connectivity index (χ2v) is 3.28. The molecule has 0 atom stereocenters. The SMILES string of the molecule is CCCCOC(C)=O.CCOCC.OCCCO. The van der Waals surface area contributed by atoms with E-state index in [4.69, 9.17) is 14.9 Å². The van der Waals surface area contributed by atoms with E-state index in [1.54, 1.807) is 0 Å². The topological polar surface area (TPSA) is 76.0 Å². The molecular weight excluding hydrogens is 236 g/mol. The van der Waals surface area contributed by atoms with Gasteiger partial charge in [0.05, 0.1) is 6.61 Å². The molecule has 0 aromatic heterocycles. The Labute approximate surface area is 111 Å². The molecule has 0 spiro atoms. The maximum absolute atomic E-state index is 10.1. The number of ether oxygens (including phenoxy) is 2. The van der Waals surface area contributed by atoms with E-state index in [9.17, 15) is 4.79 Å². The molecule has 0 fully saturated rings. The van der Waals surface area contributed by atoms with Gasteiger partial charge < -0.3 is 19.7 Å². The number of hydrogen-bond acceptors (Lipinski definition) is 5. The average molecular weight is 266 g/mol. The summed E-state index contributed by atoms with van der Waals surface area (Å²) < 4.78 is 9.48. The van der Waals surface area contributed by atoms with E-state index in [1.165, 1.54) is 6.92 Å². The van der Waals surface area contributed by atoms with Crippen molar-refractivity contribution in [2.24, 2.45) is 0 Å².